The summed E-state index contributed by atoms with van der Waals surface area (Å²) in [5.74, 6) is -1.44. The quantitative estimate of drug-likeness (QED) is 0.459. The maximum Gasteiger partial charge on any atom is 0.348 e. The van der Waals surface area contributed by atoms with Crippen LogP contribution < -0.4 is 4.90 Å². The van der Waals surface area contributed by atoms with Gasteiger partial charge in [0.2, 0.25) is 0 Å². The SMILES string of the molecule is Cc1ccc(-c2cc(N(C(=O)c3ccc(Cl)cc3Cl)C(C)C)c(C(=O)O)s2)s1. The maximum absolute atomic E-state index is 13.3. The first kappa shape index (κ1) is 20.9. The molecule has 3 rings (SSSR count). The van der Waals surface area contributed by atoms with Gasteiger partial charge in [0.15, 0.2) is 0 Å². The van der Waals surface area contributed by atoms with Gasteiger partial charge in [-0.2, -0.15) is 0 Å². The van der Waals surface area contributed by atoms with Gasteiger partial charge in [-0.3, -0.25) is 4.79 Å². The molecule has 0 aliphatic rings. The molecule has 4 nitrogen and oxygen atoms in total. The van der Waals surface area contributed by atoms with Crippen molar-refractivity contribution in [1.29, 1.82) is 0 Å². The zero-order chi connectivity index (χ0) is 20.6. The molecule has 0 fully saturated rings. The number of thiophene rings is 2. The van der Waals surface area contributed by atoms with Gasteiger partial charge in [-0.25, -0.2) is 4.79 Å². The van der Waals surface area contributed by atoms with Gasteiger partial charge in [0, 0.05) is 25.7 Å². The van der Waals surface area contributed by atoms with Crippen molar-refractivity contribution in [3.8, 4) is 9.75 Å². The molecule has 2 aromatic heterocycles. The Morgan fingerprint density at radius 1 is 1.04 bits per heavy atom. The number of hydrogen-bond donors (Lipinski definition) is 1. The molecule has 1 aromatic carbocycles. The Balaban J connectivity index is 2.12. The Bertz CT molecular complexity index is 1060. The first-order valence-corrected chi connectivity index (χ1v) is 10.8. The van der Waals surface area contributed by atoms with Gasteiger partial charge in [0.1, 0.15) is 4.88 Å². The van der Waals surface area contributed by atoms with Gasteiger partial charge in [-0.15, -0.1) is 22.7 Å². The van der Waals surface area contributed by atoms with Crippen LogP contribution in [0.2, 0.25) is 10.0 Å². The third-order valence-corrected chi connectivity index (χ3v) is 6.90. The van der Waals surface area contributed by atoms with E-state index in [9.17, 15) is 14.7 Å². The summed E-state index contributed by atoms with van der Waals surface area (Å²) in [6.45, 7) is 5.66. The Labute approximate surface area is 180 Å². The molecule has 0 unspecified atom stereocenters. The lowest BCUT2D eigenvalue weighted by molar-refractivity contribution is 0.0703. The van der Waals surface area contributed by atoms with Crippen molar-refractivity contribution in [3.63, 3.8) is 0 Å². The largest absolute Gasteiger partial charge is 0.477 e. The fraction of sp³-hybridized carbons (Fsp3) is 0.200. The second kappa shape index (κ2) is 8.25. The number of carbonyl (C=O) groups is 2. The van der Waals surface area contributed by atoms with E-state index < -0.39 is 5.97 Å². The van der Waals surface area contributed by atoms with E-state index in [-0.39, 0.29) is 27.4 Å². The van der Waals surface area contributed by atoms with Gasteiger partial charge in [-0.05, 0) is 57.2 Å². The Morgan fingerprint density at radius 3 is 2.29 bits per heavy atom. The number of carbonyl (C=O) groups excluding carboxylic acids is 1. The van der Waals surface area contributed by atoms with Crippen LogP contribution in [-0.2, 0) is 0 Å². The maximum atomic E-state index is 13.3. The average Bonchev–Trinajstić information content (AvgIpc) is 3.21. The second-order valence-corrected chi connectivity index (χ2v) is 9.62. The molecule has 0 saturated carbocycles. The second-order valence-electron chi connectivity index (χ2n) is 6.43. The van der Waals surface area contributed by atoms with E-state index in [4.69, 9.17) is 23.2 Å². The van der Waals surface area contributed by atoms with Gasteiger partial charge in [-0.1, -0.05) is 23.2 Å². The molecule has 3 aromatic rings. The van der Waals surface area contributed by atoms with Crippen LogP contribution in [0.1, 0.15) is 38.8 Å². The highest BCUT2D eigenvalue weighted by molar-refractivity contribution is 7.23. The summed E-state index contributed by atoms with van der Waals surface area (Å²) in [7, 11) is 0. The zero-order valence-corrected chi connectivity index (χ0v) is 18.5. The predicted octanol–water partition coefficient (Wildman–Crippen LogP) is 6.85. The van der Waals surface area contributed by atoms with Crippen LogP contribution in [0.4, 0.5) is 5.69 Å². The molecule has 0 bridgehead atoms. The van der Waals surface area contributed by atoms with Crippen molar-refractivity contribution >= 4 is 63.4 Å². The number of anilines is 1. The Hall–Kier alpha value is -1.86. The molecule has 146 valence electrons. The third-order valence-electron chi connectivity index (χ3n) is 4.05. The minimum absolute atomic E-state index is 0.119. The van der Waals surface area contributed by atoms with Crippen LogP contribution in [0.15, 0.2) is 36.4 Å². The molecule has 0 spiro atoms. The molecule has 1 amide bonds. The van der Waals surface area contributed by atoms with Crippen LogP contribution in [0.25, 0.3) is 9.75 Å². The van der Waals surface area contributed by atoms with E-state index in [1.807, 2.05) is 32.9 Å². The first-order valence-electron chi connectivity index (χ1n) is 8.41. The van der Waals surface area contributed by atoms with Gasteiger partial charge < -0.3 is 10.0 Å². The number of carboxylic acid groups (broad SMARTS) is 1. The number of rotatable bonds is 5. The van der Waals surface area contributed by atoms with Gasteiger partial charge >= 0.3 is 5.97 Å². The first-order chi connectivity index (χ1) is 13.2. The summed E-state index contributed by atoms with van der Waals surface area (Å²) >= 11 is 14.9. The third kappa shape index (κ3) is 4.10. The summed E-state index contributed by atoms with van der Waals surface area (Å²) in [5.41, 5.74) is 0.639. The predicted molar refractivity (Wildman–Crippen MR) is 118 cm³/mol. The fourth-order valence-corrected chi connectivity index (χ4v) is 5.24. The molecule has 0 radical (unpaired) electrons. The van der Waals surface area contributed by atoms with Gasteiger partial charge in [0.05, 0.1) is 16.3 Å². The highest BCUT2D eigenvalue weighted by Gasteiger charge is 2.29. The lowest BCUT2D eigenvalue weighted by atomic mass is 10.1. The molecule has 1 N–H and O–H groups in total. The smallest absolute Gasteiger partial charge is 0.348 e. The molecular formula is C20H17Cl2NO3S2. The molecule has 0 saturated heterocycles. The van der Waals surface area contributed by atoms with Crippen molar-refractivity contribution in [2.24, 2.45) is 0 Å². The van der Waals surface area contributed by atoms with E-state index in [1.54, 1.807) is 29.5 Å². The molecule has 8 heteroatoms. The molecule has 2 heterocycles. The number of aromatic carboxylic acids is 1. The number of nitrogens with zero attached hydrogens (tertiary/aromatic N) is 1. The number of carboxylic acids is 1. The van der Waals surface area contributed by atoms with Crippen molar-refractivity contribution in [3.05, 3.63) is 61.8 Å². The minimum Gasteiger partial charge on any atom is -0.477 e. The molecule has 0 aliphatic heterocycles. The summed E-state index contributed by atoms with van der Waals surface area (Å²) in [5, 5.41) is 10.4. The van der Waals surface area contributed by atoms with Crippen LogP contribution in [-0.4, -0.2) is 23.0 Å². The normalized spacial score (nSPS) is 11.1. The van der Waals surface area contributed by atoms with E-state index in [0.29, 0.717) is 10.7 Å². The van der Waals surface area contributed by atoms with Crippen molar-refractivity contribution < 1.29 is 14.7 Å². The lowest BCUT2D eigenvalue weighted by Crippen LogP contribution is -2.37. The average molecular weight is 454 g/mol. The fourth-order valence-electron chi connectivity index (χ4n) is 2.82. The Morgan fingerprint density at radius 2 is 1.75 bits per heavy atom. The number of halogens is 2. The molecule has 0 aliphatic carbocycles. The highest BCUT2D eigenvalue weighted by Crippen LogP contribution is 2.41. The number of amides is 1. The van der Waals surface area contributed by atoms with Crippen LogP contribution in [0, 0.1) is 6.92 Å². The van der Waals surface area contributed by atoms with E-state index in [1.165, 1.54) is 11.0 Å². The number of benzene rings is 1. The summed E-state index contributed by atoms with van der Waals surface area (Å²) in [6, 6.07) is 10.1. The van der Waals surface area contributed by atoms with Gasteiger partial charge in [0.25, 0.3) is 5.91 Å². The minimum atomic E-state index is -1.07. The van der Waals surface area contributed by atoms with E-state index >= 15 is 0 Å². The highest BCUT2D eigenvalue weighted by atomic mass is 35.5. The zero-order valence-electron chi connectivity index (χ0n) is 15.3. The molecule has 0 atom stereocenters. The van der Waals surface area contributed by atoms with Crippen LogP contribution in [0.3, 0.4) is 0 Å². The monoisotopic (exact) mass is 453 g/mol. The topological polar surface area (TPSA) is 57.6 Å². The van der Waals surface area contributed by atoms with Crippen molar-refractivity contribution in [1.82, 2.24) is 0 Å². The van der Waals surface area contributed by atoms with E-state index in [0.717, 1.165) is 26.0 Å². The van der Waals surface area contributed by atoms with E-state index in [2.05, 4.69) is 0 Å². The van der Waals surface area contributed by atoms with Crippen molar-refractivity contribution in [2.45, 2.75) is 26.8 Å². The Kier molecular flexibility index (Phi) is 6.15. The lowest BCUT2D eigenvalue weighted by Gasteiger charge is -2.27. The summed E-state index contributed by atoms with van der Waals surface area (Å²) in [6.07, 6.45) is 0. The summed E-state index contributed by atoms with van der Waals surface area (Å²) < 4.78 is 0. The summed E-state index contributed by atoms with van der Waals surface area (Å²) in [4.78, 5) is 29.7. The van der Waals surface area contributed by atoms with Crippen molar-refractivity contribution in [2.75, 3.05) is 4.90 Å². The molecular weight excluding hydrogens is 437 g/mol. The van der Waals surface area contributed by atoms with Crippen LogP contribution in [0.5, 0.6) is 0 Å². The van der Waals surface area contributed by atoms with Crippen LogP contribution >= 0.6 is 45.9 Å². The molecule has 28 heavy (non-hydrogen) atoms. The number of hydrogen-bond acceptors (Lipinski definition) is 4. The number of aryl methyl sites for hydroxylation is 1. The standard InChI is InChI=1S/C20H17Cl2NO3S2/c1-10(2)23(19(24)13-6-5-12(21)8-14(13)22)15-9-17(28-18(15)20(25)26)16-7-4-11(3)27-16/h4-10H,1-3H3,(H,25,26).